The van der Waals surface area contributed by atoms with E-state index in [0.717, 1.165) is 30.5 Å². The molecule has 0 aromatic heterocycles. The minimum Gasteiger partial charge on any atom is -0.339 e. The van der Waals surface area contributed by atoms with Crippen LogP contribution in [-0.4, -0.2) is 46.7 Å². The Balaban J connectivity index is 1.23. The summed E-state index contributed by atoms with van der Waals surface area (Å²) in [4.78, 5) is 43.3. The number of hydrogen-bond donors (Lipinski definition) is 0. The van der Waals surface area contributed by atoms with Gasteiger partial charge in [0.2, 0.25) is 5.91 Å². The molecule has 1 saturated heterocycles. The molecule has 0 spiro atoms. The first-order chi connectivity index (χ1) is 17.1. The summed E-state index contributed by atoms with van der Waals surface area (Å²) in [5, 5.41) is 0. The van der Waals surface area contributed by atoms with Gasteiger partial charge in [0.25, 0.3) is 11.8 Å². The standard InChI is InChI=1S/C30H34N2O3/c33-26(31-21-11-17-22-12-7-8-18-25(22)31)19-9-10-20-32-29(34)27(23-13-3-1-4-14-23)28(30(32)35)24-15-5-2-6-16-24/h1-6,13-16,22,25H,7-12,17-21H2. The Kier molecular flexibility index (Phi) is 7.12. The van der Waals surface area contributed by atoms with Crippen LogP contribution in [0.4, 0.5) is 0 Å². The molecule has 2 fully saturated rings. The van der Waals surface area contributed by atoms with E-state index < -0.39 is 0 Å². The SMILES string of the molecule is O=C1C(c2ccccc2)=C(c2ccccc2)C(=O)N1CCCCC(=O)N1CCCC2CCCCC21. The Morgan fingerprint density at radius 2 is 1.31 bits per heavy atom. The molecule has 0 bridgehead atoms. The van der Waals surface area contributed by atoms with Crippen molar-refractivity contribution >= 4 is 28.9 Å². The molecule has 0 N–H and O–H groups in total. The van der Waals surface area contributed by atoms with E-state index in [-0.39, 0.29) is 17.7 Å². The van der Waals surface area contributed by atoms with E-state index in [9.17, 15) is 14.4 Å². The van der Waals surface area contributed by atoms with E-state index in [2.05, 4.69) is 4.90 Å². The van der Waals surface area contributed by atoms with Crippen LogP contribution in [0.5, 0.6) is 0 Å². The van der Waals surface area contributed by atoms with E-state index in [4.69, 9.17) is 0 Å². The zero-order valence-corrected chi connectivity index (χ0v) is 20.3. The van der Waals surface area contributed by atoms with Gasteiger partial charge in [-0.1, -0.05) is 73.5 Å². The number of carbonyl (C=O) groups is 3. The van der Waals surface area contributed by atoms with E-state index >= 15 is 0 Å². The van der Waals surface area contributed by atoms with Gasteiger partial charge < -0.3 is 4.90 Å². The molecule has 1 saturated carbocycles. The molecule has 2 aromatic carbocycles. The van der Waals surface area contributed by atoms with Gasteiger partial charge in [-0.05, 0) is 55.6 Å². The molecule has 2 unspecified atom stereocenters. The average molecular weight is 471 g/mol. The van der Waals surface area contributed by atoms with Gasteiger partial charge in [-0.2, -0.15) is 0 Å². The van der Waals surface area contributed by atoms with Crippen molar-refractivity contribution in [2.75, 3.05) is 13.1 Å². The van der Waals surface area contributed by atoms with Crippen molar-refractivity contribution in [3.63, 3.8) is 0 Å². The highest BCUT2D eigenvalue weighted by atomic mass is 16.2. The summed E-state index contributed by atoms with van der Waals surface area (Å²) in [6, 6.07) is 19.3. The fraction of sp³-hybridized carbons (Fsp3) is 0.433. The van der Waals surface area contributed by atoms with Gasteiger partial charge in [0.05, 0.1) is 11.1 Å². The molecule has 2 aromatic rings. The second-order valence-electron chi connectivity index (χ2n) is 10.0. The molecule has 182 valence electrons. The van der Waals surface area contributed by atoms with Crippen molar-refractivity contribution in [2.24, 2.45) is 5.92 Å². The number of benzene rings is 2. The first kappa shape index (κ1) is 23.5. The maximum absolute atomic E-state index is 13.4. The van der Waals surface area contributed by atoms with Gasteiger partial charge in [0.1, 0.15) is 0 Å². The third-order valence-corrected chi connectivity index (χ3v) is 7.88. The van der Waals surface area contributed by atoms with Gasteiger partial charge in [0.15, 0.2) is 0 Å². The first-order valence-electron chi connectivity index (χ1n) is 13.2. The molecule has 2 aliphatic heterocycles. The summed E-state index contributed by atoms with van der Waals surface area (Å²) < 4.78 is 0. The van der Waals surface area contributed by atoms with Crippen LogP contribution in [0.15, 0.2) is 60.7 Å². The molecule has 5 heteroatoms. The first-order valence-corrected chi connectivity index (χ1v) is 13.2. The Hall–Kier alpha value is -3.21. The normalized spacial score (nSPS) is 22.5. The largest absolute Gasteiger partial charge is 0.339 e. The fourth-order valence-corrected chi connectivity index (χ4v) is 6.15. The molecule has 3 amide bonds. The minimum absolute atomic E-state index is 0.243. The molecule has 5 rings (SSSR count). The van der Waals surface area contributed by atoms with Gasteiger partial charge in [-0.3, -0.25) is 19.3 Å². The van der Waals surface area contributed by atoms with Crippen LogP contribution in [0.2, 0.25) is 0 Å². The molecule has 0 radical (unpaired) electrons. The predicted molar refractivity (Wildman–Crippen MR) is 137 cm³/mol. The van der Waals surface area contributed by atoms with E-state index in [1.807, 2.05) is 60.7 Å². The Labute approximate surface area is 207 Å². The lowest BCUT2D eigenvalue weighted by atomic mass is 9.78. The number of carbonyl (C=O) groups excluding carboxylic acids is 3. The number of amides is 3. The number of hydrogen-bond acceptors (Lipinski definition) is 3. The zero-order valence-electron chi connectivity index (χ0n) is 20.3. The molecular weight excluding hydrogens is 436 g/mol. The Morgan fingerprint density at radius 1 is 0.743 bits per heavy atom. The van der Waals surface area contributed by atoms with E-state index in [0.29, 0.717) is 48.9 Å². The topological polar surface area (TPSA) is 57.7 Å². The van der Waals surface area contributed by atoms with Crippen molar-refractivity contribution in [2.45, 2.75) is 63.8 Å². The molecule has 35 heavy (non-hydrogen) atoms. The van der Waals surface area contributed by atoms with Crippen LogP contribution in [-0.2, 0) is 14.4 Å². The Bertz CT molecular complexity index is 1050. The van der Waals surface area contributed by atoms with Crippen molar-refractivity contribution in [3.05, 3.63) is 71.8 Å². The summed E-state index contributed by atoms with van der Waals surface area (Å²) in [7, 11) is 0. The zero-order chi connectivity index (χ0) is 24.2. The summed E-state index contributed by atoms with van der Waals surface area (Å²) in [5.74, 6) is 0.439. The quantitative estimate of drug-likeness (QED) is 0.407. The predicted octanol–water partition coefficient (Wildman–Crippen LogP) is 5.32. The lowest BCUT2D eigenvalue weighted by molar-refractivity contribution is -0.137. The summed E-state index contributed by atoms with van der Waals surface area (Å²) >= 11 is 0. The number of rotatable bonds is 7. The van der Waals surface area contributed by atoms with Crippen LogP contribution in [0.1, 0.15) is 68.9 Å². The van der Waals surface area contributed by atoms with Gasteiger partial charge in [0, 0.05) is 25.6 Å². The van der Waals surface area contributed by atoms with E-state index in [1.165, 1.54) is 30.6 Å². The lowest BCUT2D eigenvalue weighted by Gasteiger charge is -2.44. The van der Waals surface area contributed by atoms with E-state index in [1.54, 1.807) is 0 Å². The third-order valence-electron chi connectivity index (χ3n) is 7.88. The molecule has 3 aliphatic rings. The molecule has 1 aliphatic carbocycles. The average Bonchev–Trinajstić information content (AvgIpc) is 3.16. The summed E-state index contributed by atoms with van der Waals surface area (Å²) in [6.07, 6.45) is 9.10. The van der Waals surface area contributed by atoms with Crippen molar-refractivity contribution in [3.8, 4) is 0 Å². The monoisotopic (exact) mass is 470 g/mol. The summed E-state index contributed by atoms with van der Waals surface area (Å²) in [5.41, 5.74) is 2.45. The third kappa shape index (κ3) is 4.82. The molecule has 2 heterocycles. The smallest absolute Gasteiger partial charge is 0.262 e. The maximum atomic E-state index is 13.4. The van der Waals surface area contributed by atoms with Crippen molar-refractivity contribution < 1.29 is 14.4 Å². The second-order valence-corrected chi connectivity index (χ2v) is 10.0. The van der Waals surface area contributed by atoms with Gasteiger partial charge in [-0.15, -0.1) is 0 Å². The molecule has 5 nitrogen and oxygen atoms in total. The van der Waals surface area contributed by atoms with Gasteiger partial charge in [-0.25, -0.2) is 0 Å². The number of fused-ring (bicyclic) bond motifs is 1. The molecular formula is C30H34N2O3. The minimum atomic E-state index is -0.243. The van der Waals surface area contributed by atoms with Crippen LogP contribution < -0.4 is 0 Å². The van der Waals surface area contributed by atoms with Crippen LogP contribution in [0.25, 0.3) is 11.1 Å². The van der Waals surface area contributed by atoms with Crippen LogP contribution in [0, 0.1) is 5.92 Å². The maximum Gasteiger partial charge on any atom is 0.262 e. The summed E-state index contributed by atoms with van der Waals surface area (Å²) in [6.45, 7) is 1.22. The van der Waals surface area contributed by atoms with Crippen LogP contribution in [0.3, 0.4) is 0 Å². The number of imide groups is 1. The Morgan fingerprint density at radius 3 is 1.94 bits per heavy atom. The highest BCUT2D eigenvalue weighted by Crippen LogP contribution is 2.37. The van der Waals surface area contributed by atoms with Crippen LogP contribution >= 0.6 is 0 Å². The number of likely N-dealkylation sites (tertiary alicyclic amines) is 1. The highest BCUT2D eigenvalue weighted by Gasteiger charge is 2.39. The fourth-order valence-electron chi connectivity index (χ4n) is 6.15. The van der Waals surface area contributed by atoms with Gasteiger partial charge >= 0.3 is 0 Å². The number of nitrogens with zero attached hydrogens (tertiary/aromatic N) is 2. The van der Waals surface area contributed by atoms with Crippen molar-refractivity contribution in [1.29, 1.82) is 0 Å². The number of piperidine rings is 1. The second kappa shape index (κ2) is 10.6. The highest BCUT2D eigenvalue weighted by molar-refractivity contribution is 6.48. The molecule has 2 atom stereocenters. The van der Waals surface area contributed by atoms with Crippen molar-refractivity contribution in [1.82, 2.24) is 9.80 Å². The lowest BCUT2D eigenvalue weighted by Crippen LogP contribution is -2.49. The number of unbranched alkanes of at least 4 members (excludes halogenated alkanes) is 1.